The Bertz CT molecular complexity index is 848. The molecule has 2 aromatic carbocycles. The summed E-state index contributed by atoms with van der Waals surface area (Å²) in [6.45, 7) is -0.104. The molecular weight excluding hydrogens is 321 g/mol. The lowest BCUT2D eigenvalue weighted by Crippen LogP contribution is -2.39. The average molecular weight is 339 g/mol. The Hall–Kier alpha value is -2.53. The molecule has 2 aromatic rings. The number of aliphatic hydroxyl groups excluding tert-OH is 1. The quantitative estimate of drug-likeness (QED) is 0.874. The van der Waals surface area contributed by atoms with E-state index in [0.717, 1.165) is 22.4 Å². The first-order valence-electron chi connectivity index (χ1n) is 8.38. The zero-order chi connectivity index (χ0) is 17.6. The molecule has 25 heavy (non-hydrogen) atoms. The molecule has 0 saturated carbocycles. The van der Waals surface area contributed by atoms with Gasteiger partial charge < -0.3 is 5.11 Å². The first-order chi connectivity index (χ1) is 12.0. The van der Waals surface area contributed by atoms with E-state index >= 15 is 0 Å². The van der Waals surface area contributed by atoms with Crippen molar-refractivity contribution in [1.29, 1.82) is 0 Å². The van der Waals surface area contributed by atoms with E-state index < -0.39 is 17.3 Å². The van der Waals surface area contributed by atoms with Gasteiger partial charge in [-0.05, 0) is 41.7 Å². The number of rotatable bonds is 3. The van der Waals surface area contributed by atoms with Crippen LogP contribution in [0.1, 0.15) is 35.6 Å². The normalized spacial score (nSPS) is 23.4. The molecule has 1 fully saturated rings. The number of aryl methyl sites for hydroxylation is 1. The second kappa shape index (κ2) is 5.77. The molecule has 0 unspecified atom stereocenters. The number of amides is 2. The number of carbonyl (C=O) groups is 2. The summed E-state index contributed by atoms with van der Waals surface area (Å²) in [5.41, 5.74) is 1.75. The summed E-state index contributed by atoms with van der Waals surface area (Å²) in [6, 6.07) is 13.2. The maximum Gasteiger partial charge on any atom is 0.240 e. The summed E-state index contributed by atoms with van der Waals surface area (Å²) in [6.07, 6.45) is 0.531. The average Bonchev–Trinajstić information content (AvgIpc) is 3.09. The van der Waals surface area contributed by atoms with E-state index in [2.05, 4.69) is 0 Å². The molecular formula is C20H18FNO3. The van der Waals surface area contributed by atoms with Gasteiger partial charge in [-0.3, -0.25) is 14.5 Å². The highest BCUT2D eigenvalue weighted by Crippen LogP contribution is 2.47. The summed E-state index contributed by atoms with van der Waals surface area (Å²) >= 11 is 0. The second-order valence-electron chi connectivity index (χ2n) is 6.79. The number of imide groups is 1. The van der Waals surface area contributed by atoms with Gasteiger partial charge in [0.2, 0.25) is 11.8 Å². The van der Waals surface area contributed by atoms with Crippen molar-refractivity contribution in [3.05, 3.63) is 71.0 Å². The molecule has 0 aromatic heterocycles. The van der Waals surface area contributed by atoms with Crippen molar-refractivity contribution in [2.75, 3.05) is 6.54 Å². The summed E-state index contributed by atoms with van der Waals surface area (Å²) in [5, 5.41) is 10.4. The highest BCUT2D eigenvalue weighted by molar-refractivity contribution is 6.09. The molecule has 1 spiro atoms. The van der Waals surface area contributed by atoms with Crippen molar-refractivity contribution in [2.45, 2.75) is 30.8 Å². The number of hydrogen-bond acceptors (Lipinski definition) is 3. The number of nitrogens with zero attached hydrogens (tertiary/aromatic N) is 1. The third-order valence-electron chi connectivity index (χ3n) is 5.37. The lowest BCUT2D eigenvalue weighted by molar-refractivity contribution is -0.141. The molecule has 0 radical (unpaired) electrons. The number of carbonyl (C=O) groups excluding carboxylic acids is 2. The summed E-state index contributed by atoms with van der Waals surface area (Å²) in [4.78, 5) is 26.7. The van der Waals surface area contributed by atoms with Crippen molar-refractivity contribution >= 4 is 11.8 Å². The topological polar surface area (TPSA) is 57.6 Å². The van der Waals surface area contributed by atoms with Gasteiger partial charge >= 0.3 is 0 Å². The smallest absolute Gasteiger partial charge is 0.240 e. The van der Waals surface area contributed by atoms with Crippen molar-refractivity contribution in [3.63, 3.8) is 0 Å². The number of halogens is 1. The van der Waals surface area contributed by atoms with Gasteiger partial charge in [0.25, 0.3) is 0 Å². The summed E-state index contributed by atoms with van der Waals surface area (Å²) < 4.78 is 13.0. The summed E-state index contributed by atoms with van der Waals surface area (Å²) in [5.74, 6) is -0.891. The monoisotopic (exact) mass is 339 g/mol. The molecule has 1 saturated heterocycles. The minimum Gasteiger partial charge on any atom is -0.387 e. The van der Waals surface area contributed by atoms with E-state index in [0.29, 0.717) is 12.0 Å². The Morgan fingerprint density at radius 3 is 2.60 bits per heavy atom. The van der Waals surface area contributed by atoms with Crippen LogP contribution in [0.5, 0.6) is 0 Å². The Morgan fingerprint density at radius 1 is 1.12 bits per heavy atom. The van der Waals surface area contributed by atoms with Gasteiger partial charge in [0.15, 0.2) is 0 Å². The molecule has 0 bridgehead atoms. The van der Waals surface area contributed by atoms with Crippen molar-refractivity contribution in [1.82, 2.24) is 4.90 Å². The maximum atomic E-state index is 13.1. The molecule has 2 aliphatic rings. The molecule has 1 heterocycles. The van der Waals surface area contributed by atoms with Gasteiger partial charge in [-0.1, -0.05) is 36.4 Å². The molecule has 4 nitrogen and oxygen atoms in total. The highest BCUT2D eigenvalue weighted by Gasteiger charge is 2.55. The van der Waals surface area contributed by atoms with Crippen LogP contribution in [0, 0.1) is 5.82 Å². The van der Waals surface area contributed by atoms with E-state index in [1.807, 2.05) is 24.3 Å². The highest BCUT2D eigenvalue weighted by atomic mass is 19.1. The van der Waals surface area contributed by atoms with Crippen molar-refractivity contribution < 1.29 is 19.1 Å². The predicted molar refractivity (Wildman–Crippen MR) is 89.1 cm³/mol. The lowest BCUT2D eigenvalue weighted by atomic mass is 9.80. The minimum atomic E-state index is -1.03. The number of aliphatic hydroxyl groups is 1. The number of likely N-dealkylation sites (tertiary alicyclic amines) is 1. The first kappa shape index (κ1) is 16.0. The van der Waals surface area contributed by atoms with Gasteiger partial charge in [-0.25, -0.2) is 4.39 Å². The molecule has 1 aliphatic carbocycles. The fourth-order valence-corrected chi connectivity index (χ4v) is 4.04. The van der Waals surface area contributed by atoms with Gasteiger partial charge in [0.05, 0.1) is 18.1 Å². The third-order valence-corrected chi connectivity index (χ3v) is 5.37. The van der Waals surface area contributed by atoms with Crippen LogP contribution in [0.2, 0.25) is 0 Å². The van der Waals surface area contributed by atoms with E-state index in [9.17, 15) is 19.1 Å². The van der Waals surface area contributed by atoms with Crippen LogP contribution in [0.15, 0.2) is 48.5 Å². The number of fused-ring (bicyclic) bond motifs is 2. The molecule has 2 atom stereocenters. The predicted octanol–water partition coefficient (Wildman–Crippen LogP) is 2.50. The fourth-order valence-electron chi connectivity index (χ4n) is 4.04. The fraction of sp³-hybridized carbons (Fsp3) is 0.300. The van der Waals surface area contributed by atoms with Gasteiger partial charge in [0, 0.05) is 6.42 Å². The third kappa shape index (κ3) is 2.46. The Kier molecular flexibility index (Phi) is 3.69. The Balaban J connectivity index is 1.59. The van der Waals surface area contributed by atoms with E-state index in [1.165, 1.54) is 24.3 Å². The van der Waals surface area contributed by atoms with Crippen LogP contribution in [0.25, 0.3) is 0 Å². The zero-order valence-corrected chi connectivity index (χ0v) is 13.6. The number of hydrogen-bond donors (Lipinski definition) is 1. The number of β-amino-alcohol motifs (C(OH)–C–C–N with tert-alkyl or cyclic N) is 1. The largest absolute Gasteiger partial charge is 0.387 e. The molecule has 4 rings (SSSR count). The lowest BCUT2D eigenvalue weighted by Gasteiger charge is -2.24. The van der Waals surface area contributed by atoms with Crippen LogP contribution in [-0.4, -0.2) is 28.4 Å². The zero-order valence-electron chi connectivity index (χ0n) is 13.6. The van der Waals surface area contributed by atoms with E-state index in [4.69, 9.17) is 0 Å². The molecule has 128 valence electrons. The van der Waals surface area contributed by atoms with Crippen LogP contribution in [0.4, 0.5) is 4.39 Å². The standard InChI is InChI=1S/C20H18FNO3/c21-15-7-5-14(6-8-15)17(23)12-22-18(24)11-20(19(22)25)10-9-13-3-1-2-4-16(13)20/h1-8,17,23H,9-12H2/t17-,20+/m0/s1. The van der Waals surface area contributed by atoms with Crippen LogP contribution in [0.3, 0.4) is 0 Å². The molecule has 1 aliphatic heterocycles. The summed E-state index contributed by atoms with van der Waals surface area (Å²) in [7, 11) is 0. The van der Waals surface area contributed by atoms with Crippen LogP contribution >= 0.6 is 0 Å². The Labute approximate surface area is 144 Å². The van der Waals surface area contributed by atoms with E-state index in [-0.39, 0.29) is 24.8 Å². The maximum absolute atomic E-state index is 13.1. The first-order valence-corrected chi connectivity index (χ1v) is 8.38. The molecule has 5 heteroatoms. The van der Waals surface area contributed by atoms with E-state index in [1.54, 1.807) is 0 Å². The molecule has 2 amide bonds. The van der Waals surface area contributed by atoms with Crippen molar-refractivity contribution in [2.24, 2.45) is 0 Å². The SMILES string of the molecule is O=C1C[C@@]2(CCc3ccccc32)C(=O)N1C[C@H](O)c1ccc(F)cc1. The van der Waals surface area contributed by atoms with Gasteiger partial charge in [-0.2, -0.15) is 0 Å². The Morgan fingerprint density at radius 2 is 1.84 bits per heavy atom. The number of benzene rings is 2. The van der Waals surface area contributed by atoms with Gasteiger partial charge in [0.1, 0.15) is 5.82 Å². The molecule has 1 N–H and O–H groups in total. The van der Waals surface area contributed by atoms with Gasteiger partial charge in [-0.15, -0.1) is 0 Å². The second-order valence-corrected chi connectivity index (χ2v) is 6.79. The van der Waals surface area contributed by atoms with Crippen molar-refractivity contribution in [3.8, 4) is 0 Å². The minimum absolute atomic E-state index is 0.104. The van der Waals surface area contributed by atoms with Crippen LogP contribution in [-0.2, 0) is 21.4 Å². The van der Waals surface area contributed by atoms with Crippen LogP contribution < -0.4 is 0 Å².